The normalized spacial score (nSPS) is 23.1. The molecule has 3 rings (SSSR count). The summed E-state index contributed by atoms with van der Waals surface area (Å²) in [5.74, 6) is 0.259. The maximum Gasteiger partial charge on any atom is 0.247 e. The number of hydrogen-bond acceptors (Lipinski definition) is 6. The summed E-state index contributed by atoms with van der Waals surface area (Å²) in [4.78, 5) is 4.25. The second kappa shape index (κ2) is 8.57. The van der Waals surface area contributed by atoms with E-state index < -0.39 is 16.1 Å². The molecule has 0 spiro atoms. The van der Waals surface area contributed by atoms with Gasteiger partial charge in [-0.05, 0) is 37.7 Å². The average molecular weight is 406 g/mol. The van der Waals surface area contributed by atoms with Gasteiger partial charge < -0.3 is 15.2 Å². The lowest BCUT2D eigenvalue weighted by atomic mass is 10.0. The van der Waals surface area contributed by atoms with Crippen LogP contribution < -0.4 is 10.1 Å². The van der Waals surface area contributed by atoms with E-state index in [2.05, 4.69) is 10.3 Å². The molecule has 7 nitrogen and oxygen atoms in total. The van der Waals surface area contributed by atoms with Gasteiger partial charge in [0.2, 0.25) is 10.0 Å². The summed E-state index contributed by atoms with van der Waals surface area (Å²) in [6, 6.07) is 8.33. The van der Waals surface area contributed by atoms with Gasteiger partial charge >= 0.3 is 0 Å². The number of aliphatic hydroxyl groups excluding tert-OH is 1. The highest BCUT2D eigenvalue weighted by Crippen LogP contribution is 2.36. The maximum absolute atomic E-state index is 13.3. The molecule has 0 unspecified atom stereocenters. The minimum absolute atomic E-state index is 0.0635. The summed E-state index contributed by atoms with van der Waals surface area (Å²) < 4.78 is 34.3. The Balaban J connectivity index is 2.14. The van der Waals surface area contributed by atoms with Gasteiger partial charge in [0, 0.05) is 43.0 Å². The number of hydrogen-bond donors (Lipinski definition) is 2. The Hall–Kier alpha value is -2.00. The van der Waals surface area contributed by atoms with Gasteiger partial charge in [-0.1, -0.05) is 19.1 Å². The minimum Gasteiger partial charge on any atom is -0.487 e. The molecule has 2 heterocycles. The molecule has 0 aliphatic carbocycles. The van der Waals surface area contributed by atoms with Crippen molar-refractivity contribution in [3.8, 4) is 16.9 Å². The highest BCUT2D eigenvalue weighted by Gasteiger charge is 2.37. The molecule has 8 heteroatoms. The molecule has 1 aliphatic heterocycles. The zero-order chi connectivity index (χ0) is 20.3. The van der Waals surface area contributed by atoms with E-state index in [0.29, 0.717) is 12.3 Å². The number of rotatable bonds is 5. The predicted molar refractivity (Wildman–Crippen MR) is 108 cm³/mol. The van der Waals surface area contributed by atoms with Crippen LogP contribution >= 0.6 is 0 Å². The summed E-state index contributed by atoms with van der Waals surface area (Å²) in [6.45, 7) is 4.29. The van der Waals surface area contributed by atoms with Crippen LogP contribution in [0.4, 0.5) is 0 Å². The quantitative estimate of drug-likeness (QED) is 0.787. The van der Waals surface area contributed by atoms with Crippen LogP contribution in [-0.2, 0) is 10.0 Å². The number of likely N-dealkylation sites (N-methyl/N-ethyl adjacent to an activating group) is 1. The van der Waals surface area contributed by atoms with Crippen LogP contribution in [0.1, 0.15) is 13.8 Å². The Morgan fingerprint density at radius 2 is 2.14 bits per heavy atom. The van der Waals surface area contributed by atoms with Crippen molar-refractivity contribution < 1.29 is 18.3 Å². The van der Waals surface area contributed by atoms with E-state index in [9.17, 15) is 13.5 Å². The van der Waals surface area contributed by atoms with Crippen molar-refractivity contribution in [2.24, 2.45) is 5.92 Å². The van der Waals surface area contributed by atoms with Crippen molar-refractivity contribution in [1.29, 1.82) is 0 Å². The Morgan fingerprint density at radius 3 is 2.79 bits per heavy atom. The highest BCUT2D eigenvalue weighted by molar-refractivity contribution is 7.89. The van der Waals surface area contributed by atoms with Gasteiger partial charge in [0.05, 0.1) is 6.61 Å². The summed E-state index contributed by atoms with van der Waals surface area (Å²) in [6.07, 6.45) is 3.21. The third kappa shape index (κ3) is 4.05. The van der Waals surface area contributed by atoms with Crippen LogP contribution in [0.5, 0.6) is 5.75 Å². The van der Waals surface area contributed by atoms with Crippen molar-refractivity contribution >= 4 is 10.0 Å². The monoisotopic (exact) mass is 405 g/mol. The van der Waals surface area contributed by atoms with E-state index in [1.165, 1.54) is 4.31 Å². The van der Waals surface area contributed by atoms with Crippen LogP contribution in [0, 0.1) is 5.92 Å². The molecule has 2 N–H and O–H groups in total. The molecule has 0 saturated carbocycles. The highest BCUT2D eigenvalue weighted by atomic mass is 32.2. The number of pyridine rings is 1. The van der Waals surface area contributed by atoms with Crippen molar-refractivity contribution in [1.82, 2.24) is 14.6 Å². The van der Waals surface area contributed by atoms with Crippen LogP contribution in [0.25, 0.3) is 11.1 Å². The minimum atomic E-state index is -3.81. The van der Waals surface area contributed by atoms with E-state index in [1.54, 1.807) is 37.5 Å². The van der Waals surface area contributed by atoms with E-state index in [0.717, 1.165) is 11.1 Å². The molecule has 28 heavy (non-hydrogen) atoms. The topological polar surface area (TPSA) is 91.8 Å². The van der Waals surface area contributed by atoms with Gasteiger partial charge in [0.25, 0.3) is 0 Å². The Morgan fingerprint density at radius 1 is 1.36 bits per heavy atom. The first-order valence-corrected chi connectivity index (χ1v) is 10.8. The SMILES string of the molecule is CNC[C@@H]1Oc2cc(-c3cccnc3)ccc2S(=O)(=O)N([C@H](C)CO)C[C@H]1C. The third-order valence-electron chi connectivity index (χ3n) is 5.07. The van der Waals surface area contributed by atoms with E-state index in [1.807, 2.05) is 26.1 Å². The number of benzene rings is 1. The van der Waals surface area contributed by atoms with Crippen molar-refractivity contribution in [3.63, 3.8) is 0 Å². The van der Waals surface area contributed by atoms with Gasteiger partial charge in [-0.15, -0.1) is 0 Å². The molecule has 0 bridgehead atoms. The molecular weight excluding hydrogens is 378 g/mol. The number of nitrogens with one attached hydrogen (secondary N) is 1. The third-order valence-corrected chi connectivity index (χ3v) is 7.09. The number of fused-ring (bicyclic) bond motifs is 1. The van der Waals surface area contributed by atoms with Crippen LogP contribution in [0.2, 0.25) is 0 Å². The molecule has 3 atom stereocenters. The van der Waals surface area contributed by atoms with Crippen LogP contribution in [0.3, 0.4) is 0 Å². The largest absolute Gasteiger partial charge is 0.487 e. The lowest BCUT2D eigenvalue weighted by molar-refractivity contribution is 0.103. The maximum atomic E-state index is 13.3. The standard InChI is InChI=1S/C20H27N3O4S/c1-14-12-23(15(2)13-24)28(25,26)20-7-6-16(17-5-4-8-22-10-17)9-18(20)27-19(14)11-21-3/h4-10,14-15,19,21,24H,11-13H2,1-3H3/t14-,15-,19+/m1/s1. The molecule has 2 aromatic rings. The lowest BCUT2D eigenvalue weighted by Crippen LogP contribution is -2.49. The Kier molecular flexibility index (Phi) is 6.34. The van der Waals surface area contributed by atoms with E-state index in [4.69, 9.17) is 4.74 Å². The van der Waals surface area contributed by atoms with Crippen LogP contribution in [0.15, 0.2) is 47.6 Å². The molecule has 0 radical (unpaired) electrons. The number of aliphatic hydroxyl groups is 1. The predicted octanol–water partition coefficient (Wildman–Crippen LogP) is 1.74. The first-order valence-electron chi connectivity index (χ1n) is 9.37. The molecular formula is C20H27N3O4S. The van der Waals surface area contributed by atoms with E-state index in [-0.39, 0.29) is 30.1 Å². The van der Waals surface area contributed by atoms with Crippen molar-refractivity contribution in [3.05, 3.63) is 42.7 Å². The van der Waals surface area contributed by atoms with Crippen molar-refractivity contribution in [2.75, 3.05) is 26.7 Å². The fraction of sp³-hybridized carbons (Fsp3) is 0.450. The smallest absolute Gasteiger partial charge is 0.247 e. The fourth-order valence-corrected chi connectivity index (χ4v) is 5.21. The second-order valence-electron chi connectivity index (χ2n) is 7.20. The second-order valence-corrected chi connectivity index (χ2v) is 9.06. The van der Waals surface area contributed by atoms with Gasteiger partial charge in [0.1, 0.15) is 16.7 Å². The van der Waals surface area contributed by atoms with Crippen molar-refractivity contribution in [2.45, 2.75) is 30.9 Å². The Labute approximate surface area is 166 Å². The van der Waals surface area contributed by atoms with Gasteiger partial charge in [-0.2, -0.15) is 4.31 Å². The van der Waals surface area contributed by atoms with Crippen LogP contribution in [-0.4, -0.2) is 61.7 Å². The average Bonchev–Trinajstić information content (AvgIpc) is 2.70. The van der Waals surface area contributed by atoms with Gasteiger partial charge in [0.15, 0.2) is 0 Å². The first-order chi connectivity index (χ1) is 13.4. The molecule has 0 fully saturated rings. The summed E-state index contributed by atoms with van der Waals surface area (Å²) in [5.41, 5.74) is 1.72. The molecule has 1 aromatic heterocycles. The fourth-order valence-electron chi connectivity index (χ4n) is 3.38. The lowest BCUT2D eigenvalue weighted by Gasteiger charge is -2.36. The Bertz CT molecular complexity index is 905. The summed E-state index contributed by atoms with van der Waals surface area (Å²) >= 11 is 0. The number of nitrogens with zero attached hydrogens (tertiary/aromatic N) is 2. The zero-order valence-corrected chi connectivity index (χ0v) is 17.2. The number of aromatic nitrogens is 1. The number of ether oxygens (including phenoxy) is 1. The number of sulfonamides is 1. The summed E-state index contributed by atoms with van der Waals surface area (Å²) in [7, 11) is -1.97. The van der Waals surface area contributed by atoms with Gasteiger partial charge in [-0.25, -0.2) is 8.42 Å². The molecule has 1 aliphatic rings. The van der Waals surface area contributed by atoms with E-state index >= 15 is 0 Å². The summed E-state index contributed by atoms with van der Waals surface area (Å²) in [5, 5.41) is 12.7. The molecule has 152 valence electrons. The zero-order valence-electron chi connectivity index (χ0n) is 16.4. The molecule has 0 saturated heterocycles. The van der Waals surface area contributed by atoms with Gasteiger partial charge in [-0.3, -0.25) is 4.98 Å². The first kappa shape index (κ1) is 20.7. The molecule has 1 aromatic carbocycles. The molecule has 0 amide bonds.